The van der Waals surface area contributed by atoms with Gasteiger partial charge in [-0.1, -0.05) is 19.8 Å². The summed E-state index contributed by atoms with van der Waals surface area (Å²) < 4.78 is 27.2. The molecule has 0 atom stereocenters. The van der Waals surface area contributed by atoms with E-state index < -0.39 is 10.0 Å². The van der Waals surface area contributed by atoms with Crippen molar-refractivity contribution in [2.75, 3.05) is 26.7 Å². The number of likely N-dealkylation sites (N-methyl/N-ethyl adjacent to an activating group) is 1. The molecular weight excluding hydrogens is 304 g/mol. The summed E-state index contributed by atoms with van der Waals surface area (Å²) in [6.07, 6.45) is 5.70. The van der Waals surface area contributed by atoms with Gasteiger partial charge >= 0.3 is 0 Å². The Morgan fingerprint density at radius 3 is 2.71 bits per heavy atom. The van der Waals surface area contributed by atoms with Crippen LogP contribution in [0.4, 0.5) is 0 Å². The molecule has 0 unspecified atom stereocenters. The zero-order chi connectivity index (χ0) is 15.3. The van der Waals surface area contributed by atoms with Crippen LogP contribution in [-0.2, 0) is 16.4 Å². The fourth-order valence-electron chi connectivity index (χ4n) is 2.83. The highest BCUT2D eigenvalue weighted by Gasteiger charge is 2.26. The third-order valence-corrected chi connectivity index (χ3v) is 7.53. The van der Waals surface area contributed by atoms with E-state index in [0.29, 0.717) is 16.7 Å². The van der Waals surface area contributed by atoms with Gasteiger partial charge in [0.1, 0.15) is 4.21 Å². The Morgan fingerprint density at radius 1 is 1.33 bits per heavy atom. The molecule has 1 aromatic heterocycles. The molecule has 1 fully saturated rings. The van der Waals surface area contributed by atoms with Crippen molar-refractivity contribution in [2.45, 2.75) is 43.2 Å². The Bertz CT molecular complexity index is 534. The van der Waals surface area contributed by atoms with Gasteiger partial charge in [-0.25, -0.2) is 8.42 Å². The molecule has 1 aromatic rings. The number of thiophene rings is 1. The maximum atomic E-state index is 12.6. The zero-order valence-electron chi connectivity index (χ0n) is 13.0. The molecular formula is C15H26N2O2S2. The Morgan fingerprint density at radius 2 is 2.05 bits per heavy atom. The standard InChI is InChI=1S/C15H26N2O2S2/c1-3-16-11-10-14-8-9-15(20-14)21(18,19)17(2)12-13-6-4-5-7-13/h8-9,13,16H,3-7,10-12H2,1-2H3. The third kappa shape index (κ3) is 4.52. The highest BCUT2D eigenvalue weighted by atomic mass is 32.2. The lowest BCUT2D eigenvalue weighted by molar-refractivity contribution is 0.388. The van der Waals surface area contributed by atoms with Crippen LogP contribution in [0.15, 0.2) is 16.3 Å². The van der Waals surface area contributed by atoms with Gasteiger partial charge in [0, 0.05) is 18.5 Å². The van der Waals surface area contributed by atoms with E-state index in [4.69, 9.17) is 0 Å². The quantitative estimate of drug-likeness (QED) is 0.746. The molecule has 1 heterocycles. The van der Waals surface area contributed by atoms with E-state index in [-0.39, 0.29) is 0 Å². The summed E-state index contributed by atoms with van der Waals surface area (Å²) in [7, 11) is -1.59. The van der Waals surface area contributed by atoms with Gasteiger partial charge in [-0.05, 0) is 50.4 Å². The fourth-order valence-corrected chi connectivity index (χ4v) is 5.64. The van der Waals surface area contributed by atoms with Crippen LogP contribution in [0.2, 0.25) is 0 Å². The van der Waals surface area contributed by atoms with Crippen molar-refractivity contribution in [3.8, 4) is 0 Å². The monoisotopic (exact) mass is 330 g/mol. The molecule has 0 aromatic carbocycles. The lowest BCUT2D eigenvalue weighted by Gasteiger charge is -2.19. The lowest BCUT2D eigenvalue weighted by atomic mass is 10.1. The number of nitrogens with zero attached hydrogens (tertiary/aromatic N) is 1. The molecule has 0 saturated heterocycles. The zero-order valence-corrected chi connectivity index (χ0v) is 14.6. The van der Waals surface area contributed by atoms with Crippen LogP contribution in [-0.4, -0.2) is 39.4 Å². The SMILES string of the molecule is CCNCCc1ccc(S(=O)(=O)N(C)CC2CCCC2)s1. The van der Waals surface area contributed by atoms with E-state index in [2.05, 4.69) is 12.2 Å². The topological polar surface area (TPSA) is 49.4 Å². The minimum atomic E-state index is -3.30. The molecule has 1 N–H and O–H groups in total. The minimum absolute atomic E-state index is 0.481. The van der Waals surface area contributed by atoms with Gasteiger partial charge in [-0.3, -0.25) is 0 Å². The second kappa shape index (κ2) is 7.72. The summed E-state index contributed by atoms with van der Waals surface area (Å²) in [6, 6.07) is 3.70. The second-order valence-electron chi connectivity index (χ2n) is 5.76. The Kier molecular flexibility index (Phi) is 6.22. The van der Waals surface area contributed by atoms with Gasteiger partial charge in [-0.2, -0.15) is 4.31 Å². The van der Waals surface area contributed by atoms with Crippen LogP contribution in [0.5, 0.6) is 0 Å². The molecule has 0 aliphatic heterocycles. The van der Waals surface area contributed by atoms with E-state index in [0.717, 1.165) is 37.2 Å². The first-order chi connectivity index (χ1) is 10.0. The number of rotatable bonds is 8. The van der Waals surface area contributed by atoms with Gasteiger partial charge in [0.2, 0.25) is 0 Å². The van der Waals surface area contributed by atoms with Crippen LogP contribution in [0, 0.1) is 5.92 Å². The van der Waals surface area contributed by atoms with E-state index in [1.54, 1.807) is 17.4 Å². The molecule has 4 nitrogen and oxygen atoms in total. The van der Waals surface area contributed by atoms with Crippen molar-refractivity contribution in [3.63, 3.8) is 0 Å². The molecule has 1 aliphatic carbocycles. The predicted octanol–water partition coefficient (Wildman–Crippen LogP) is 2.71. The molecule has 1 saturated carbocycles. The van der Waals surface area contributed by atoms with Crippen molar-refractivity contribution < 1.29 is 8.42 Å². The van der Waals surface area contributed by atoms with Gasteiger partial charge in [0.25, 0.3) is 10.0 Å². The molecule has 0 amide bonds. The summed E-state index contributed by atoms with van der Waals surface area (Å²) >= 11 is 1.41. The molecule has 2 rings (SSSR count). The minimum Gasteiger partial charge on any atom is -0.317 e. The molecule has 1 aliphatic rings. The highest BCUT2D eigenvalue weighted by Crippen LogP contribution is 2.29. The van der Waals surface area contributed by atoms with Gasteiger partial charge in [0.15, 0.2) is 0 Å². The van der Waals surface area contributed by atoms with Crippen LogP contribution >= 0.6 is 11.3 Å². The summed E-state index contributed by atoms with van der Waals surface area (Å²) in [6.45, 7) is 4.57. The first-order valence-electron chi connectivity index (χ1n) is 7.79. The molecule has 0 spiro atoms. The van der Waals surface area contributed by atoms with Crippen LogP contribution < -0.4 is 5.32 Å². The smallest absolute Gasteiger partial charge is 0.252 e. The van der Waals surface area contributed by atoms with E-state index in [1.165, 1.54) is 24.2 Å². The van der Waals surface area contributed by atoms with Crippen molar-refractivity contribution in [1.29, 1.82) is 0 Å². The van der Waals surface area contributed by atoms with Crippen molar-refractivity contribution in [3.05, 3.63) is 17.0 Å². The number of nitrogens with one attached hydrogen (secondary N) is 1. The fraction of sp³-hybridized carbons (Fsp3) is 0.733. The Balaban J connectivity index is 1.97. The van der Waals surface area contributed by atoms with Crippen LogP contribution in [0.25, 0.3) is 0 Å². The Hall–Kier alpha value is -0.430. The summed E-state index contributed by atoms with van der Waals surface area (Å²) in [4.78, 5) is 1.13. The van der Waals surface area contributed by atoms with E-state index in [1.807, 2.05) is 6.07 Å². The summed E-state index contributed by atoms with van der Waals surface area (Å²) in [5.74, 6) is 0.540. The number of hydrogen-bond acceptors (Lipinski definition) is 4. The summed E-state index contributed by atoms with van der Waals surface area (Å²) in [5.41, 5.74) is 0. The number of sulfonamides is 1. The molecule has 120 valence electrons. The van der Waals surface area contributed by atoms with E-state index >= 15 is 0 Å². The largest absolute Gasteiger partial charge is 0.317 e. The van der Waals surface area contributed by atoms with Crippen molar-refractivity contribution in [1.82, 2.24) is 9.62 Å². The van der Waals surface area contributed by atoms with Crippen molar-refractivity contribution >= 4 is 21.4 Å². The maximum absolute atomic E-state index is 12.6. The predicted molar refractivity (Wildman–Crippen MR) is 88.3 cm³/mol. The second-order valence-corrected chi connectivity index (χ2v) is 9.20. The molecule has 0 radical (unpaired) electrons. The highest BCUT2D eigenvalue weighted by molar-refractivity contribution is 7.91. The van der Waals surface area contributed by atoms with Crippen LogP contribution in [0.3, 0.4) is 0 Å². The average molecular weight is 331 g/mol. The van der Waals surface area contributed by atoms with E-state index in [9.17, 15) is 8.42 Å². The first kappa shape index (κ1) is 16.9. The number of hydrogen-bond donors (Lipinski definition) is 1. The first-order valence-corrected chi connectivity index (χ1v) is 10.1. The summed E-state index contributed by atoms with van der Waals surface area (Å²) in [5, 5.41) is 3.26. The van der Waals surface area contributed by atoms with Gasteiger partial charge in [-0.15, -0.1) is 11.3 Å². The molecule has 21 heavy (non-hydrogen) atoms. The Labute approximate surface area is 132 Å². The van der Waals surface area contributed by atoms with Crippen LogP contribution in [0.1, 0.15) is 37.5 Å². The van der Waals surface area contributed by atoms with Gasteiger partial charge in [0.05, 0.1) is 0 Å². The maximum Gasteiger partial charge on any atom is 0.252 e. The van der Waals surface area contributed by atoms with Crippen molar-refractivity contribution in [2.24, 2.45) is 5.92 Å². The molecule has 6 heteroatoms. The normalized spacial score (nSPS) is 16.9. The third-order valence-electron chi connectivity index (χ3n) is 4.09. The molecule has 0 bridgehead atoms. The van der Waals surface area contributed by atoms with Gasteiger partial charge < -0.3 is 5.32 Å². The average Bonchev–Trinajstić information content (AvgIpc) is 3.10. The lowest BCUT2D eigenvalue weighted by Crippen LogP contribution is -2.30.